The van der Waals surface area contributed by atoms with Crippen LogP contribution in [-0.4, -0.2) is 66.8 Å². The number of carbonyl (C=O) groups excluding carboxylic acids is 3. The molecule has 0 bridgehead atoms. The van der Waals surface area contributed by atoms with Gasteiger partial charge in [-0.05, 0) is 26.7 Å². The highest BCUT2D eigenvalue weighted by molar-refractivity contribution is 8.14. The molecule has 2 saturated heterocycles. The van der Waals surface area contributed by atoms with E-state index in [9.17, 15) is 19.2 Å². The molecule has 4 rings (SSSR count). The van der Waals surface area contributed by atoms with E-state index in [1.165, 1.54) is 4.52 Å². The van der Waals surface area contributed by atoms with E-state index < -0.39 is 0 Å². The average Bonchev–Trinajstić information content (AvgIpc) is 3.28. The summed E-state index contributed by atoms with van der Waals surface area (Å²) in [4.78, 5) is 55.9. The van der Waals surface area contributed by atoms with Crippen LogP contribution in [0.25, 0.3) is 5.65 Å². The van der Waals surface area contributed by atoms with Gasteiger partial charge in [0.1, 0.15) is 0 Å². The van der Waals surface area contributed by atoms with Crippen molar-refractivity contribution in [1.82, 2.24) is 24.4 Å². The molecule has 9 nitrogen and oxygen atoms in total. The molecule has 0 spiro atoms. The van der Waals surface area contributed by atoms with Crippen LogP contribution in [0.3, 0.4) is 0 Å². The van der Waals surface area contributed by atoms with Gasteiger partial charge in [0.15, 0.2) is 5.65 Å². The zero-order valence-corrected chi connectivity index (χ0v) is 17.3. The first kappa shape index (κ1) is 19.7. The molecule has 2 aromatic heterocycles. The first-order chi connectivity index (χ1) is 13.8. The van der Waals surface area contributed by atoms with Crippen LogP contribution in [0.15, 0.2) is 10.9 Å². The first-order valence-corrected chi connectivity index (χ1v) is 10.7. The van der Waals surface area contributed by atoms with Crippen LogP contribution in [0.5, 0.6) is 0 Å². The molecule has 2 fully saturated rings. The number of aryl methyl sites for hydroxylation is 1. The van der Waals surface area contributed by atoms with Crippen molar-refractivity contribution in [1.29, 1.82) is 0 Å². The lowest BCUT2D eigenvalue weighted by atomic mass is 9.94. The summed E-state index contributed by atoms with van der Waals surface area (Å²) in [5.74, 6) is -0.0535. The zero-order valence-electron chi connectivity index (χ0n) is 16.4. The van der Waals surface area contributed by atoms with Crippen molar-refractivity contribution in [3.05, 3.63) is 33.4 Å². The van der Waals surface area contributed by atoms with Gasteiger partial charge in [0.2, 0.25) is 11.8 Å². The maximum absolute atomic E-state index is 12.7. The van der Waals surface area contributed by atoms with Gasteiger partial charge in [-0.25, -0.2) is 9.50 Å². The fraction of sp³-hybridized carbons (Fsp3) is 0.526. The fourth-order valence-corrected chi connectivity index (χ4v) is 4.62. The Hall–Kier alpha value is -2.62. The number of nitrogens with zero attached hydrogens (tertiary/aromatic N) is 4. The van der Waals surface area contributed by atoms with Gasteiger partial charge in [0.05, 0.1) is 5.75 Å². The van der Waals surface area contributed by atoms with E-state index in [1.54, 1.807) is 11.8 Å². The second-order valence-corrected chi connectivity index (χ2v) is 8.49. The number of likely N-dealkylation sites (tertiary alicyclic amines) is 1. The first-order valence-electron chi connectivity index (χ1n) is 9.69. The van der Waals surface area contributed by atoms with E-state index in [1.807, 2.05) is 13.0 Å². The van der Waals surface area contributed by atoms with E-state index >= 15 is 0 Å². The molecule has 1 unspecified atom stereocenters. The molecule has 0 aliphatic carbocycles. The number of rotatable bonds is 4. The predicted octanol–water partition coefficient (Wildman–Crippen LogP) is 1.43. The monoisotopic (exact) mass is 417 g/mol. The standard InChI is InChI=1S/C19H23N5O4S/c1-11-12(2)20-15-8-14(21-24(15)18(11)27)13-4-3-6-22(9-13)16(25)5-7-23-17(26)10-29-19(23)28/h8,13,21H,3-7,9-10H2,1-2H3. The third kappa shape index (κ3) is 3.68. The summed E-state index contributed by atoms with van der Waals surface area (Å²) >= 11 is 0.978. The van der Waals surface area contributed by atoms with Crippen LogP contribution in [-0.2, 0) is 9.59 Å². The highest BCUT2D eigenvalue weighted by Crippen LogP contribution is 2.27. The third-order valence-electron chi connectivity index (χ3n) is 5.71. The van der Waals surface area contributed by atoms with Crippen molar-refractivity contribution in [3.63, 3.8) is 0 Å². The fourth-order valence-electron chi connectivity index (χ4n) is 3.87. The number of nitrogens with one attached hydrogen (secondary N) is 1. The Bertz CT molecular complexity index is 1040. The maximum atomic E-state index is 12.7. The Morgan fingerprint density at radius 3 is 2.83 bits per heavy atom. The minimum Gasteiger partial charge on any atom is -0.342 e. The minimum atomic E-state index is -0.277. The second kappa shape index (κ2) is 7.66. The smallest absolute Gasteiger partial charge is 0.288 e. The summed E-state index contributed by atoms with van der Waals surface area (Å²) < 4.78 is 1.46. The molecule has 10 heteroatoms. The molecular weight excluding hydrogens is 394 g/mol. The molecule has 0 aromatic carbocycles. The number of H-pyrrole nitrogens is 1. The van der Waals surface area contributed by atoms with E-state index in [4.69, 9.17) is 0 Å². The lowest BCUT2D eigenvalue weighted by Gasteiger charge is -2.32. The summed E-state index contributed by atoms with van der Waals surface area (Å²) in [6, 6.07) is 1.88. The van der Waals surface area contributed by atoms with Crippen molar-refractivity contribution in [3.8, 4) is 0 Å². The van der Waals surface area contributed by atoms with Gasteiger partial charge in [-0.2, -0.15) is 0 Å². The van der Waals surface area contributed by atoms with E-state index in [0.717, 1.165) is 35.2 Å². The lowest BCUT2D eigenvalue weighted by Crippen LogP contribution is -2.41. The molecular formula is C19H23N5O4S. The number of aromatic nitrogens is 3. The summed E-state index contributed by atoms with van der Waals surface area (Å²) in [6.07, 6.45) is 1.89. The quantitative estimate of drug-likeness (QED) is 0.806. The SMILES string of the molecule is Cc1nc2cc(C3CCCN(C(=O)CCN4C(=O)CSC4=O)C3)[nH]n2c(=O)c1C. The number of hydrogen-bond donors (Lipinski definition) is 1. The largest absolute Gasteiger partial charge is 0.342 e. The van der Waals surface area contributed by atoms with Gasteiger partial charge < -0.3 is 4.90 Å². The molecule has 29 heavy (non-hydrogen) atoms. The highest BCUT2D eigenvalue weighted by Gasteiger charge is 2.31. The molecule has 1 N–H and O–H groups in total. The van der Waals surface area contributed by atoms with Crippen LogP contribution in [0, 0.1) is 13.8 Å². The molecule has 1 atom stereocenters. The van der Waals surface area contributed by atoms with Crippen LogP contribution >= 0.6 is 11.8 Å². The molecule has 4 heterocycles. The van der Waals surface area contributed by atoms with Gasteiger partial charge in [-0.1, -0.05) is 11.8 Å². The zero-order chi connectivity index (χ0) is 20.7. The number of hydrogen-bond acceptors (Lipinski definition) is 6. The maximum Gasteiger partial charge on any atom is 0.288 e. The van der Waals surface area contributed by atoms with Crippen LogP contribution in [0.4, 0.5) is 4.79 Å². The Balaban J connectivity index is 1.45. The summed E-state index contributed by atoms with van der Waals surface area (Å²) in [5.41, 5.74) is 2.68. The molecule has 2 aliphatic rings. The van der Waals surface area contributed by atoms with Gasteiger partial charge >= 0.3 is 0 Å². The van der Waals surface area contributed by atoms with Crippen molar-refractivity contribution >= 4 is 34.5 Å². The molecule has 3 amide bonds. The molecule has 0 saturated carbocycles. The molecule has 2 aromatic rings. The van der Waals surface area contributed by atoms with Gasteiger partial charge in [0.25, 0.3) is 10.8 Å². The third-order valence-corrected chi connectivity index (χ3v) is 6.57. The highest BCUT2D eigenvalue weighted by atomic mass is 32.2. The van der Waals surface area contributed by atoms with E-state index in [-0.39, 0.29) is 47.2 Å². The summed E-state index contributed by atoms with van der Waals surface area (Å²) in [6.45, 7) is 4.90. The summed E-state index contributed by atoms with van der Waals surface area (Å²) in [5, 5.41) is 2.88. The average molecular weight is 417 g/mol. The van der Waals surface area contributed by atoms with E-state index in [2.05, 4.69) is 10.1 Å². The van der Waals surface area contributed by atoms with Crippen molar-refractivity contribution in [2.75, 3.05) is 25.4 Å². The predicted molar refractivity (Wildman–Crippen MR) is 108 cm³/mol. The van der Waals surface area contributed by atoms with Crippen molar-refractivity contribution < 1.29 is 14.4 Å². The summed E-state index contributed by atoms with van der Waals surface area (Å²) in [7, 11) is 0. The molecule has 0 radical (unpaired) electrons. The van der Waals surface area contributed by atoms with Gasteiger partial charge in [0, 0.05) is 55.0 Å². The van der Waals surface area contributed by atoms with Crippen LogP contribution in [0.1, 0.15) is 42.1 Å². The Morgan fingerprint density at radius 2 is 2.10 bits per heavy atom. The number of thioether (sulfide) groups is 1. The van der Waals surface area contributed by atoms with Gasteiger partial charge in [-0.3, -0.25) is 29.2 Å². The van der Waals surface area contributed by atoms with Crippen LogP contribution < -0.4 is 5.56 Å². The number of amides is 3. The minimum absolute atomic E-state index is 0.0645. The Kier molecular flexibility index (Phi) is 5.20. The second-order valence-electron chi connectivity index (χ2n) is 7.56. The van der Waals surface area contributed by atoms with Crippen molar-refractivity contribution in [2.24, 2.45) is 0 Å². The number of fused-ring (bicyclic) bond motifs is 1. The van der Waals surface area contributed by atoms with Crippen LogP contribution in [0.2, 0.25) is 0 Å². The topological polar surface area (TPSA) is 108 Å². The van der Waals surface area contributed by atoms with E-state index in [0.29, 0.717) is 30.0 Å². The normalized spacial score (nSPS) is 20.1. The number of carbonyl (C=O) groups is 3. The lowest BCUT2D eigenvalue weighted by molar-refractivity contribution is -0.133. The number of imide groups is 1. The van der Waals surface area contributed by atoms with Crippen molar-refractivity contribution in [2.45, 2.75) is 39.0 Å². The van der Waals surface area contributed by atoms with Gasteiger partial charge in [-0.15, -0.1) is 0 Å². The number of piperidine rings is 1. The molecule has 2 aliphatic heterocycles. The Labute approximate surface area is 171 Å². The Morgan fingerprint density at radius 1 is 1.31 bits per heavy atom. The molecule has 154 valence electrons. The number of aromatic amines is 1.